The maximum absolute atomic E-state index is 12.9. The number of aliphatic hydroxyl groups excluding tert-OH is 1. The van der Waals surface area contributed by atoms with Crippen molar-refractivity contribution in [3.05, 3.63) is 97.2 Å². The SMILES string of the molecule is CC/C=C\C/C=C\C/C=C\C/C=C\C/C=C\CCCCCCCCCCCCCCCCCC(=O)NC(COP(=O)([O-])OCC[N+](C)(C)C)C(O)/C=C/CC/C=C/CC/C=C/CCCCCCCC. The predicted octanol–water partition coefficient (Wildman–Crippen LogP) is 16.4. The Balaban J connectivity index is 4.19. The van der Waals surface area contributed by atoms with E-state index in [0.29, 0.717) is 17.4 Å². The zero-order valence-corrected chi connectivity index (χ0v) is 46.1. The quantitative estimate of drug-likeness (QED) is 0.0272. The molecule has 0 aromatic heterocycles. The van der Waals surface area contributed by atoms with E-state index in [2.05, 4.69) is 104 Å². The number of phosphoric ester groups is 1. The highest BCUT2D eigenvalue weighted by atomic mass is 31.2. The molecule has 3 unspecified atom stereocenters. The molecule has 69 heavy (non-hydrogen) atoms. The Labute approximate surface area is 426 Å². The van der Waals surface area contributed by atoms with Crippen molar-refractivity contribution in [2.75, 3.05) is 40.9 Å². The van der Waals surface area contributed by atoms with Gasteiger partial charge in [0.05, 0.1) is 39.9 Å². The van der Waals surface area contributed by atoms with E-state index in [4.69, 9.17) is 9.05 Å². The second-order valence-corrected chi connectivity index (χ2v) is 21.3. The summed E-state index contributed by atoms with van der Waals surface area (Å²) >= 11 is 0. The average Bonchev–Trinajstić information content (AvgIpc) is 3.31. The number of unbranched alkanes of at least 4 members (excludes halogenated alkanes) is 23. The van der Waals surface area contributed by atoms with E-state index >= 15 is 0 Å². The summed E-state index contributed by atoms with van der Waals surface area (Å²) in [5.41, 5.74) is 0. The number of allylic oxidation sites excluding steroid dienone is 15. The normalized spacial score (nSPS) is 14.7. The molecule has 0 aliphatic carbocycles. The molecule has 0 fully saturated rings. The summed E-state index contributed by atoms with van der Waals surface area (Å²) in [6.07, 6.45) is 72.0. The van der Waals surface area contributed by atoms with Gasteiger partial charge in [-0.1, -0.05) is 227 Å². The number of carbonyl (C=O) groups excluding carboxylic acids is 1. The highest BCUT2D eigenvalue weighted by Crippen LogP contribution is 2.38. The molecule has 8 nitrogen and oxygen atoms in total. The van der Waals surface area contributed by atoms with Crippen LogP contribution in [0.25, 0.3) is 0 Å². The second kappa shape index (κ2) is 50.4. The Bertz CT molecular complexity index is 1440. The summed E-state index contributed by atoms with van der Waals surface area (Å²) in [6, 6.07) is -0.914. The van der Waals surface area contributed by atoms with Gasteiger partial charge in [-0.2, -0.15) is 0 Å². The fraction of sp³-hybridized carbons (Fsp3) is 0.717. The van der Waals surface area contributed by atoms with Gasteiger partial charge in [-0.3, -0.25) is 9.36 Å². The van der Waals surface area contributed by atoms with E-state index in [0.717, 1.165) is 77.0 Å². The van der Waals surface area contributed by atoms with Crippen molar-refractivity contribution in [1.82, 2.24) is 5.32 Å². The van der Waals surface area contributed by atoms with Crippen molar-refractivity contribution >= 4 is 13.7 Å². The van der Waals surface area contributed by atoms with Crippen molar-refractivity contribution in [2.24, 2.45) is 0 Å². The van der Waals surface area contributed by atoms with Crippen molar-refractivity contribution in [3.63, 3.8) is 0 Å². The van der Waals surface area contributed by atoms with Crippen LogP contribution in [0.2, 0.25) is 0 Å². The molecule has 0 bridgehead atoms. The zero-order chi connectivity index (χ0) is 50.6. The van der Waals surface area contributed by atoms with Crippen molar-refractivity contribution < 1.29 is 32.9 Å². The van der Waals surface area contributed by atoms with E-state index in [1.165, 1.54) is 128 Å². The van der Waals surface area contributed by atoms with Crippen molar-refractivity contribution in [1.29, 1.82) is 0 Å². The van der Waals surface area contributed by atoms with E-state index in [-0.39, 0.29) is 12.5 Å². The molecule has 0 saturated heterocycles. The van der Waals surface area contributed by atoms with Crippen LogP contribution in [0.5, 0.6) is 0 Å². The van der Waals surface area contributed by atoms with Crippen LogP contribution in [-0.2, 0) is 18.4 Å². The van der Waals surface area contributed by atoms with Gasteiger partial charge in [0.25, 0.3) is 7.82 Å². The lowest BCUT2D eigenvalue weighted by molar-refractivity contribution is -0.870. The fourth-order valence-corrected chi connectivity index (χ4v) is 8.35. The number of carbonyl (C=O) groups is 1. The molecular weight excluding hydrogens is 876 g/mol. The number of likely N-dealkylation sites (N-methyl/N-ethyl adjacent to an activating group) is 1. The molecule has 1 amide bonds. The fourth-order valence-electron chi connectivity index (χ4n) is 7.62. The van der Waals surface area contributed by atoms with Gasteiger partial charge in [0.2, 0.25) is 5.91 Å². The van der Waals surface area contributed by atoms with E-state index < -0.39 is 26.6 Å². The van der Waals surface area contributed by atoms with E-state index in [1.54, 1.807) is 6.08 Å². The first-order valence-corrected chi connectivity index (χ1v) is 29.6. The summed E-state index contributed by atoms with van der Waals surface area (Å²) < 4.78 is 23.3. The lowest BCUT2D eigenvalue weighted by Crippen LogP contribution is -2.45. The molecule has 0 heterocycles. The minimum absolute atomic E-state index is 0.0125. The van der Waals surface area contributed by atoms with Crippen LogP contribution in [0.1, 0.15) is 226 Å². The molecule has 0 spiro atoms. The standard InChI is InChI=1S/C60H107N2O6P/c1-6-8-10-12-14-16-18-20-22-24-25-26-27-28-29-30-31-32-33-34-35-36-37-38-40-42-44-46-48-50-52-54-60(64)61-58(57-68-69(65,66)67-56-55-62(3,4)5)59(63)53-51-49-47-45-43-41-39-23-21-19-17-15-13-11-9-7-2/h8,10,14,16,20-23,25-26,28-29,43,45,51,53,58-59,63H,6-7,9,11-13,15,17-19,24,27,30-42,44,46-50,52,54-57H2,1-5H3,(H-,61,64,65,66)/b10-8-,16-14-,22-20-,23-21+,26-25-,29-28-,45-43+,53-51+. The van der Waals surface area contributed by atoms with Crippen LogP contribution in [-0.4, -0.2) is 68.5 Å². The first kappa shape index (κ1) is 66.4. The summed E-state index contributed by atoms with van der Waals surface area (Å²) in [5.74, 6) is -0.215. The average molecular weight is 983 g/mol. The highest BCUT2D eigenvalue weighted by Gasteiger charge is 2.23. The lowest BCUT2D eigenvalue weighted by atomic mass is 10.0. The van der Waals surface area contributed by atoms with Gasteiger partial charge in [0.15, 0.2) is 0 Å². The summed E-state index contributed by atoms with van der Waals surface area (Å²) in [4.78, 5) is 25.5. The zero-order valence-electron chi connectivity index (χ0n) is 45.2. The molecule has 398 valence electrons. The summed E-state index contributed by atoms with van der Waals surface area (Å²) in [5, 5.41) is 13.8. The number of phosphoric acid groups is 1. The third-order valence-corrected chi connectivity index (χ3v) is 13.0. The molecule has 0 aliphatic heterocycles. The third-order valence-electron chi connectivity index (χ3n) is 12.0. The van der Waals surface area contributed by atoms with Crippen LogP contribution >= 0.6 is 7.82 Å². The maximum Gasteiger partial charge on any atom is 0.268 e. The van der Waals surface area contributed by atoms with Crippen molar-refractivity contribution in [2.45, 2.75) is 238 Å². The molecular formula is C60H107N2O6P. The summed E-state index contributed by atoms with van der Waals surface area (Å²) in [6.45, 7) is 4.49. The monoisotopic (exact) mass is 983 g/mol. The molecule has 0 radical (unpaired) electrons. The first-order valence-electron chi connectivity index (χ1n) is 28.1. The Hall–Kier alpha value is -2.58. The van der Waals surface area contributed by atoms with E-state index in [9.17, 15) is 19.4 Å². The molecule has 0 rings (SSSR count). The molecule has 0 saturated carbocycles. The number of hydrogen-bond donors (Lipinski definition) is 2. The largest absolute Gasteiger partial charge is 0.756 e. The van der Waals surface area contributed by atoms with Crippen LogP contribution in [0, 0.1) is 0 Å². The van der Waals surface area contributed by atoms with Gasteiger partial charge >= 0.3 is 0 Å². The number of nitrogens with zero attached hydrogens (tertiary/aromatic N) is 1. The molecule has 2 N–H and O–H groups in total. The van der Waals surface area contributed by atoms with E-state index in [1.807, 2.05) is 27.2 Å². The van der Waals surface area contributed by atoms with Gasteiger partial charge in [-0.05, 0) is 89.9 Å². The van der Waals surface area contributed by atoms with Gasteiger partial charge < -0.3 is 28.8 Å². The number of nitrogens with one attached hydrogen (secondary N) is 1. The van der Waals surface area contributed by atoms with Crippen LogP contribution in [0.4, 0.5) is 0 Å². The molecule has 0 aromatic rings. The number of amides is 1. The van der Waals surface area contributed by atoms with Gasteiger partial charge in [-0.15, -0.1) is 0 Å². The third kappa shape index (κ3) is 53.1. The maximum atomic E-state index is 12.9. The van der Waals surface area contributed by atoms with Gasteiger partial charge in [-0.25, -0.2) is 0 Å². The van der Waals surface area contributed by atoms with Crippen LogP contribution < -0.4 is 10.2 Å². The van der Waals surface area contributed by atoms with Crippen LogP contribution in [0.15, 0.2) is 97.2 Å². The molecule has 0 aliphatic rings. The number of rotatable bonds is 50. The van der Waals surface area contributed by atoms with Gasteiger partial charge in [0.1, 0.15) is 13.2 Å². The predicted molar refractivity (Wildman–Crippen MR) is 297 cm³/mol. The minimum Gasteiger partial charge on any atom is -0.756 e. The lowest BCUT2D eigenvalue weighted by Gasteiger charge is -2.29. The topological polar surface area (TPSA) is 108 Å². The summed E-state index contributed by atoms with van der Waals surface area (Å²) in [7, 11) is 1.23. The van der Waals surface area contributed by atoms with Crippen LogP contribution in [0.3, 0.4) is 0 Å². The number of aliphatic hydroxyl groups is 1. The smallest absolute Gasteiger partial charge is 0.268 e. The second-order valence-electron chi connectivity index (χ2n) is 19.9. The van der Waals surface area contributed by atoms with Gasteiger partial charge in [0, 0.05) is 6.42 Å². The Morgan fingerprint density at radius 3 is 1.35 bits per heavy atom. The number of quaternary nitrogens is 1. The minimum atomic E-state index is -4.61. The Morgan fingerprint density at radius 1 is 0.522 bits per heavy atom. The van der Waals surface area contributed by atoms with Crippen molar-refractivity contribution in [3.8, 4) is 0 Å². The Morgan fingerprint density at radius 2 is 0.899 bits per heavy atom. The molecule has 9 heteroatoms. The molecule has 0 aromatic carbocycles. The number of hydrogen-bond acceptors (Lipinski definition) is 6. The highest BCUT2D eigenvalue weighted by molar-refractivity contribution is 7.45. The molecule has 3 atom stereocenters. The Kier molecular flexibility index (Phi) is 48.5. The first-order chi connectivity index (χ1) is 33.5.